The van der Waals surface area contributed by atoms with Crippen LogP contribution in [0.2, 0.25) is 0 Å². The van der Waals surface area contributed by atoms with E-state index < -0.39 is 0 Å². The molecule has 9 heteroatoms. The molecular weight excluding hydrogens is 409 g/mol. The number of nitrogens with zero attached hydrogens (tertiary/aromatic N) is 1. The Morgan fingerprint density at radius 1 is 1.22 bits per heavy atom. The molecule has 1 aliphatic heterocycles. The molecule has 1 aliphatic carbocycles. The summed E-state index contributed by atoms with van der Waals surface area (Å²) < 4.78 is 10.7. The van der Waals surface area contributed by atoms with Crippen LogP contribution >= 0.6 is 36.2 Å². The molecule has 0 bridgehead atoms. The number of rotatable bonds is 4. The van der Waals surface area contributed by atoms with Gasteiger partial charge in [-0.05, 0) is 43.5 Å². The molecule has 1 fully saturated rings. The van der Waals surface area contributed by atoms with Crippen molar-refractivity contribution in [1.82, 2.24) is 10.3 Å². The molecule has 1 amide bonds. The third-order valence-corrected chi connectivity index (χ3v) is 5.78. The molecule has 1 aromatic carbocycles. The lowest BCUT2D eigenvalue weighted by molar-refractivity contribution is 0.0903. The van der Waals surface area contributed by atoms with Crippen molar-refractivity contribution in [2.24, 2.45) is 11.7 Å². The molecule has 2 aromatic rings. The van der Waals surface area contributed by atoms with E-state index in [-0.39, 0.29) is 43.6 Å². The molecule has 2 atom stereocenters. The predicted molar refractivity (Wildman–Crippen MR) is 110 cm³/mol. The fourth-order valence-electron chi connectivity index (χ4n) is 3.46. The third kappa shape index (κ3) is 4.66. The van der Waals surface area contributed by atoms with Crippen molar-refractivity contribution in [1.29, 1.82) is 0 Å². The molecule has 0 saturated heterocycles. The molecule has 4 rings (SSSR count). The number of carbonyl (C=O) groups excluding carboxylic acids is 1. The lowest BCUT2D eigenvalue weighted by Gasteiger charge is -2.31. The first kappa shape index (κ1) is 21.8. The van der Waals surface area contributed by atoms with Gasteiger partial charge in [-0.2, -0.15) is 0 Å². The van der Waals surface area contributed by atoms with Gasteiger partial charge in [0.1, 0.15) is 10.7 Å². The Morgan fingerprint density at radius 3 is 2.81 bits per heavy atom. The fraction of sp³-hybridized carbons (Fsp3) is 0.444. The van der Waals surface area contributed by atoms with Crippen LogP contribution in [-0.4, -0.2) is 30.3 Å². The first-order chi connectivity index (χ1) is 12.2. The monoisotopic (exact) mass is 431 g/mol. The zero-order chi connectivity index (χ0) is 17.2. The van der Waals surface area contributed by atoms with Gasteiger partial charge in [0.2, 0.25) is 6.79 Å². The normalized spacial score (nSPS) is 20.3. The number of thiazole rings is 1. The van der Waals surface area contributed by atoms with Gasteiger partial charge in [-0.3, -0.25) is 4.79 Å². The quantitative estimate of drug-likeness (QED) is 0.771. The second-order valence-corrected chi connectivity index (χ2v) is 7.32. The molecule has 2 heterocycles. The van der Waals surface area contributed by atoms with Crippen molar-refractivity contribution in [2.45, 2.75) is 31.7 Å². The van der Waals surface area contributed by atoms with E-state index in [0.717, 1.165) is 35.6 Å². The Kier molecular flexibility index (Phi) is 7.73. The summed E-state index contributed by atoms with van der Waals surface area (Å²) in [6.07, 6.45) is 4.41. The van der Waals surface area contributed by atoms with Crippen LogP contribution in [0.15, 0.2) is 23.6 Å². The largest absolute Gasteiger partial charge is 0.454 e. The van der Waals surface area contributed by atoms with Crippen LogP contribution in [-0.2, 0) is 0 Å². The summed E-state index contributed by atoms with van der Waals surface area (Å²) in [7, 11) is 0. The Bertz CT molecular complexity index is 787. The summed E-state index contributed by atoms with van der Waals surface area (Å²) >= 11 is 1.45. The maximum atomic E-state index is 12.6. The number of fused-ring (bicyclic) bond motifs is 1. The maximum Gasteiger partial charge on any atom is 0.271 e. The van der Waals surface area contributed by atoms with E-state index in [4.69, 9.17) is 15.2 Å². The second kappa shape index (κ2) is 9.59. The minimum atomic E-state index is -0.117. The average molecular weight is 432 g/mol. The lowest BCUT2D eigenvalue weighted by Crippen LogP contribution is -2.44. The van der Waals surface area contributed by atoms with Crippen molar-refractivity contribution in [3.63, 3.8) is 0 Å². The molecular formula is C18H23Cl2N3O3S. The van der Waals surface area contributed by atoms with Crippen LogP contribution in [0.1, 0.15) is 36.2 Å². The summed E-state index contributed by atoms with van der Waals surface area (Å²) in [5.74, 6) is 1.70. The lowest BCUT2D eigenvalue weighted by atomic mass is 9.84. The molecule has 0 spiro atoms. The first-order valence-electron chi connectivity index (χ1n) is 8.61. The smallest absolute Gasteiger partial charge is 0.271 e. The summed E-state index contributed by atoms with van der Waals surface area (Å²) in [5.41, 5.74) is 7.23. The first-order valence-corrected chi connectivity index (χ1v) is 9.49. The minimum absolute atomic E-state index is 0. The standard InChI is InChI=1S/C18H21N3O3S.2ClH/c19-8-12-3-1-2-4-13(12)20-17(22)14-9-25-18(21-14)11-5-6-15-16(7-11)24-10-23-15;;/h5-7,9,12-13H,1-4,8,10,19H2,(H,20,22);2*1H. The topological polar surface area (TPSA) is 86.5 Å². The number of hydrogen-bond donors (Lipinski definition) is 2. The van der Waals surface area contributed by atoms with Gasteiger partial charge in [0, 0.05) is 17.0 Å². The number of hydrogen-bond acceptors (Lipinski definition) is 6. The third-order valence-electron chi connectivity index (χ3n) is 4.88. The van der Waals surface area contributed by atoms with Crippen molar-refractivity contribution in [2.75, 3.05) is 13.3 Å². The Hall–Kier alpha value is -1.54. The van der Waals surface area contributed by atoms with Gasteiger partial charge in [0.25, 0.3) is 5.91 Å². The molecule has 1 aromatic heterocycles. The van der Waals surface area contributed by atoms with Gasteiger partial charge in [0.15, 0.2) is 11.5 Å². The highest BCUT2D eigenvalue weighted by Crippen LogP contribution is 2.36. The number of nitrogens with one attached hydrogen (secondary N) is 1. The van der Waals surface area contributed by atoms with Crippen molar-refractivity contribution >= 4 is 42.1 Å². The van der Waals surface area contributed by atoms with E-state index in [0.29, 0.717) is 23.9 Å². The minimum Gasteiger partial charge on any atom is -0.454 e. The predicted octanol–water partition coefficient (Wildman–Crippen LogP) is 3.63. The number of benzene rings is 1. The number of ether oxygens (including phenoxy) is 2. The van der Waals surface area contributed by atoms with Gasteiger partial charge in [-0.15, -0.1) is 36.2 Å². The molecule has 27 heavy (non-hydrogen) atoms. The second-order valence-electron chi connectivity index (χ2n) is 6.47. The van der Waals surface area contributed by atoms with Gasteiger partial charge in [-0.1, -0.05) is 12.8 Å². The number of carbonyl (C=O) groups is 1. The number of amides is 1. The molecule has 148 valence electrons. The van der Waals surface area contributed by atoms with Gasteiger partial charge < -0.3 is 20.5 Å². The summed E-state index contributed by atoms with van der Waals surface area (Å²) in [5, 5.41) is 5.72. The van der Waals surface area contributed by atoms with Crippen LogP contribution in [0.5, 0.6) is 11.5 Å². The number of halogens is 2. The SMILES string of the molecule is Cl.Cl.NCC1CCCCC1NC(=O)c1csc(-c2ccc3c(c2)OCO3)n1. The maximum absolute atomic E-state index is 12.6. The van der Waals surface area contributed by atoms with Crippen molar-refractivity contribution < 1.29 is 14.3 Å². The highest BCUT2D eigenvalue weighted by atomic mass is 35.5. The van der Waals surface area contributed by atoms with Gasteiger partial charge in [-0.25, -0.2) is 4.98 Å². The van der Waals surface area contributed by atoms with Crippen molar-refractivity contribution in [3.05, 3.63) is 29.3 Å². The van der Waals surface area contributed by atoms with Crippen LogP contribution in [0.25, 0.3) is 10.6 Å². The van der Waals surface area contributed by atoms with E-state index in [9.17, 15) is 4.79 Å². The van der Waals surface area contributed by atoms with E-state index in [1.165, 1.54) is 17.8 Å². The Balaban J connectivity index is 0.00000131. The number of aromatic nitrogens is 1. The molecule has 2 aliphatic rings. The molecule has 2 unspecified atom stereocenters. The summed E-state index contributed by atoms with van der Waals surface area (Å²) in [6, 6.07) is 5.85. The zero-order valence-corrected chi connectivity index (χ0v) is 17.1. The summed E-state index contributed by atoms with van der Waals surface area (Å²) in [6.45, 7) is 0.860. The fourth-order valence-corrected chi connectivity index (χ4v) is 4.26. The van der Waals surface area contributed by atoms with Crippen LogP contribution < -0.4 is 20.5 Å². The molecule has 3 N–H and O–H groups in total. The van der Waals surface area contributed by atoms with Gasteiger partial charge in [0.05, 0.1) is 0 Å². The van der Waals surface area contributed by atoms with Gasteiger partial charge >= 0.3 is 0 Å². The van der Waals surface area contributed by atoms with Crippen LogP contribution in [0.4, 0.5) is 0 Å². The highest BCUT2D eigenvalue weighted by molar-refractivity contribution is 7.13. The summed E-state index contributed by atoms with van der Waals surface area (Å²) in [4.78, 5) is 17.1. The average Bonchev–Trinajstić information content (AvgIpc) is 3.30. The Morgan fingerprint density at radius 2 is 2.00 bits per heavy atom. The van der Waals surface area contributed by atoms with Crippen molar-refractivity contribution in [3.8, 4) is 22.1 Å². The molecule has 6 nitrogen and oxygen atoms in total. The highest BCUT2D eigenvalue weighted by Gasteiger charge is 2.26. The van der Waals surface area contributed by atoms with E-state index in [1.54, 1.807) is 5.38 Å². The Labute approximate surface area is 174 Å². The zero-order valence-electron chi connectivity index (χ0n) is 14.7. The molecule has 1 saturated carbocycles. The number of nitrogens with two attached hydrogens (primary N) is 1. The van der Waals surface area contributed by atoms with E-state index in [2.05, 4.69) is 10.3 Å². The van der Waals surface area contributed by atoms with Crippen LogP contribution in [0, 0.1) is 5.92 Å². The van der Waals surface area contributed by atoms with E-state index >= 15 is 0 Å². The van der Waals surface area contributed by atoms with Crippen LogP contribution in [0.3, 0.4) is 0 Å². The van der Waals surface area contributed by atoms with E-state index in [1.807, 2.05) is 18.2 Å². The molecule has 0 radical (unpaired) electrons.